The van der Waals surface area contributed by atoms with Gasteiger partial charge in [0.15, 0.2) is 0 Å². The Balaban J connectivity index is 2.16. The van der Waals surface area contributed by atoms with Crippen LogP contribution in [0.25, 0.3) is 0 Å². The second kappa shape index (κ2) is 5.66. The van der Waals surface area contributed by atoms with Gasteiger partial charge in [-0.1, -0.05) is 64.8 Å². The van der Waals surface area contributed by atoms with Crippen molar-refractivity contribution in [2.45, 2.75) is 65.3 Å². The zero-order chi connectivity index (χ0) is 14.0. The highest BCUT2D eigenvalue weighted by molar-refractivity contribution is 5.27. The fourth-order valence-electron chi connectivity index (χ4n) is 3.52. The third kappa shape index (κ3) is 3.20. The van der Waals surface area contributed by atoms with Crippen LogP contribution >= 0.6 is 0 Å². The van der Waals surface area contributed by atoms with Gasteiger partial charge in [-0.15, -0.1) is 0 Å². The van der Waals surface area contributed by atoms with Crippen molar-refractivity contribution in [1.29, 1.82) is 0 Å². The molecule has 0 amide bonds. The third-order valence-electron chi connectivity index (χ3n) is 5.01. The van der Waals surface area contributed by atoms with E-state index in [1.807, 2.05) is 0 Å². The summed E-state index contributed by atoms with van der Waals surface area (Å²) in [6.07, 6.45) is 5.30. The third-order valence-corrected chi connectivity index (χ3v) is 5.01. The van der Waals surface area contributed by atoms with Crippen LogP contribution in [0.4, 0.5) is 0 Å². The molecular formula is C18H29N. The Labute approximate surface area is 118 Å². The van der Waals surface area contributed by atoms with E-state index in [-0.39, 0.29) is 6.04 Å². The molecule has 1 aliphatic rings. The lowest BCUT2D eigenvalue weighted by atomic mass is 9.65. The van der Waals surface area contributed by atoms with E-state index in [9.17, 15) is 0 Å². The number of nitrogens with two attached hydrogens (primary N) is 1. The molecule has 2 rings (SSSR count). The first kappa shape index (κ1) is 14.6. The maximum atomic E-state index is 6.57. The Kier molecular flexibility index (Phi) is 4.35. The molecule has 1 fully saturated rings. The summed E-state index contributed by atoms with van der Waals surface area (Å²) in [6, 6.07) is 9.16. The number of hydrogen-bond donors (Lipinski definition) is 1. The summed E-state index contributed by atoms with van der Waals surface area (Å²) in [5.74, 6) is 1.21. The molecule has 2 unspecified atom stereocenters. The van der Waals surface area contributed by atoms with Crippen molar-refractivity contribution in [1.82, 2.24) is 0 Å². The van der Waals surface area contributed by atoms with E-state index in [4.69, 9.17) is 5.73 Å². The summed E-state index contributed by atoms with van der Waals surface area (Å²) in [6.45, 7) is 9.25. The van der Waals surface area contributed by atoms with Gasteiger partial charge in [0.2, 0.25) is 0 Å². The zero-order valence-electron chi connectivity index (χ0n) is 12.9. The molecule has 19 heavy (non-hydrogen) atoms. The largest absolute Gasteiger partial charge is 0.324 e. The Hall–Kier alpha value is -0.820. The van der Waals surface area contributed by atoms with Crippen LogP contribution in [-0.2, 0) is 0 Å². The van der Waals surface area contributed by atoms with E-state index in [1.54, 1.807) is 0 Å². The molecule has 1 aromatic carbocycles. The quantitative estimate of drug-likeness (QED) is 0.809. The predicted molar refractivity (Wildman–Crippen MR) is 83.2 cm³/mol. The van der Waals surface area contributed by atoms with Crippen molar-refractivity contribution in [2.75, 3.05) is 0 Å². The van der Waals surface area contributed by atoms with Crippen molar-refractivity contribution in [3.8, 4) is 0 Å². The average molecular weight is 259 g/mol. The van der Waals surface area contributed by atoms with Crippen LogP contribution < -0.4 is 5.73 Å². The first-order chi connectivity index (χ1) is 8.92. The van der Waals surface area contributed by atoms with Crippen molar-refractivity contribution in [3.63, 3.8) is 0 Å². The molecule has 0 spiro atoms. The Morgan fingerprint density at radius 3 is 2.16 bits per heavy atom. The van der Waals surface area contributed by atoms with Crippen LogP contribution in [0.2, 0.25) is 0 Å². The SMILES string of the molecule is CC(C)c1ccc(C(N)C2CCCCC2(C)C)cc1. The second-order valence-electron chi connectivity index (χ2n) is 7.19. The summed E-state index contributed by atoms with van der Waals surface area (Å²) in [7, 11) is 0. The highest BCUT2D eigenvalue weighted by Gasteiger charge is 2.36. The Morgan fingerprint density at radius 1 is 1.05 bits per heavy atom. The Morgan fingerprint density at radius 2 is 1.63 bits per heavy atom. The summed E-state index contributed by atoms with van der Waals surface area (Å²) in [5.41, 5.74) is 9.67. The maximum absolute atomic E-state index is 6.57. The molecule has 2 N–H and O–H groups in total. The van der Waals surface area contributed by atoms with Gasteiger partial charge in [0.1, 0.15) is 0 Å². The minimum atomic E-state index is 0.191. The molecule has 0 radical (unpaired) electrons. The molecule has 1 aliphatic carbocycles. The minimum Gasteiger partial charge on any atom is -0.324 e. The molecule has 106 valence electrons. The molecule has 0 aliphatic heterocycles. The first-order valence-corrected chi connectivity index (χ1v) is 7.77. The van der Waals surface area contributed by atoms with E-state index < -0.39 is 0 Å². The lowest BCUT2D eigenvalue weighted by Crippen LogP contribution is -2.36. The van der Waals surface area contributed by atoms with Crippen LogP contribution in [-0.4, -0.2) is 0 Å². The van der Waals surface area contributed by atoms with Crippen molar-refractivity contribution in [2.24, 2.45) is 17.1 Å². The van der Waals surface area contributed by atoms with E-state index in [0.717, 1.165) is 0 Å². The van der Waals surface area contributed by atoms with Crippen molar-refractivity contribution in [3.05, 3.63) is 35.4 Å². The van der Waals surface area contributed by atoms with Crippen molar-refractivity contribution >= 4 is 0 Å². The highest BCUT2D eigenvalue weighted by Crippen LogP contribution is 2.45. The van der Waals surface area contributed by atoms with Gasteiger partial charge in [0.05, 0.1) is 0 Å². The van der Waals surface area contributed by atoms with Gasteiger partial charge in [-0.25, -0.2) is 0 Å². The van der Waals surface area contributed by atoms with Gasteiger partial charge in [-0.2, -0.15) is 0 Å². The summed E-state index contributed by atoms with van der Waals surface area (Å²) in [4.78, 5) is 0. The van der Waals surface area contributed by atoms with Gasteiger partial charge >= 0.3 is 0 Å². The van der Waals surface area contributed by atoms with Gasteiger partial charge in [-0.05, 0) is 41.2 Å². The number of hydrogen-bond acceptors (Lipinski definition) is 1. The standard InChI is InChI=1S/C18H29N/c1-13(2)14-8-10-15(11-9-14)17(19)16-7-5-6-12-18(16,3)4/h8-11,13,16-17H,5-7,12,19H2,1-4H3. The van der Waals surface area contributed by atoms with E-state index in [0.29, 0.717) is 17.3 Å². The van der Waals surface area contributed by atoms with Gasteiger partial charge in [0.25, 0.3) is 0 Å². The van der Waals surface area contributed by atoms with Crippen molar-refractivity contribution < 1.29 is 0 Å². The number of rotatable bonds is 3. The van der Waals surface area contributed by atoms with Crippen LogP contribution in [0.3, 0.4) is 0 Å². The van der Waals surface area contributed by atoms with Gasteiger partial charge in [-0.3, -0.25) is 0 Å². The highest BCUT2D eigenvalue weighted by atomic mass is 14.7. The topological polar surface area (TPSA) is 26.0 Å². The Bertz CT molecular complexity index is 402. The zero-order valence-corrected chi connectivity index (χ0v) is 12.9. The maximum Gasteiger partial charge on any atom is 0.0328 e. The van der Waals surface area contributed by atoms with Crippen LogP contribution in [0.5, 0.6) is 0 Å². The monoisotopic (exact) mass is 259 g/mol. The lowest BCUT2D eigenvalue weighted by Gasteiger charge is -2.42. The fourth-order valence-corrected chi connectivity index (χ4v) is 3.52. The molecular weight excluding hydrogens is 230 g/mol. The smallest absolute Gasteiger partial charge is 0.0328 e. The molecule has 1 nitrogen and oxygen atoms in total. The molecule has 1 saturated carbocycles. The van der Waals surface area contributed by atoms with Crippen LogP contribution in [0.15, 0.2) is 24.3 Å². The predicted octanol–water partition coefficient (Wildman–Crippen LogP) is 5.03. The van der Waals surface area contributed by atoms with E-state index >= 15 is 0 Å². The first-order valence-electron chi connectivity index (χ1n) is 7.77. The minimum absolute atomic E-state index is 0.191. The molecule has 0 aromatic heterocycles. The summed E-state index contributed by atoms with van der Waals surface area (Å²) >= 11 is 0. The molecule has 0 saturated heterocycles. The average Bonchev–Trinajstić information content (AvgIpc) is 2.37. The molecule has 0 bridgehead atoms. The van der Waals surface area contributed by atoms with Gasteiger partial charge < -0.3 is 5.73 Å². The molecule has 1 aromatic rings. The molecule has 1 heteroatoms. The van der Waals surface area contributed by atoms with E-state index in [2.05, 4.69) is 52.0 Å². The van der Waals surface area contributed by atoms with E-state index in [1.165, 1.54) is 36.8 Å². The van der Waals surface area contributed by atoms with Gasteiger partial charge in [0, 0.05) is 6.04 Å². The molecule has 2 atom stereocenters. The fraction of sp³-hybridized carbons (Fsp3) is 0.667. The van der Waals surface area contributed by atoms with Crippen LogP contribution in [0.1, 0.15) is 76.5 Å². The second-order valence-corrected chi connectivity index (χ2v) is 7.19. The summed E-state index contributed by atoms with van der Waals surface area (Å²) in [5, 5.41) is 0. The lowest BCUT2D eigenvalue weighted by molar-refractivity contribution is 0.112. The van der Waals surface area contributed by atoms with Crippen LogP contribution in [0, 0.1) is 11.3 Å². The normalized spacial score (nSPS) is 24.4. The molecule has 0 heterocycles. The number of benzene rings is 1. The summed E-state index contributed by atoms with van der Waals surface area (Å²) < 4.78 is 0.